The lowest BCUT2D eigenvalue weighted by atomic mass is 10.2. The fourth-order valence-electron chi connectivity index (χ4n) is 1.60. The highest BCUT2D eigenvalue weighted by Gasteiger charge is 2.02. The molecule has 0 spiro atoms. The minimum atomic E-state index is 0.496. The molecule has 0 amide bonds. The third-order valence-electron chi connectivity index (χ3n) is 2.53. The predicted molar refractivity (Wildman–Crippen MR) is 68.8 cm³/mol. The van der Waals surface area contributed by atoms with Crippen LogP contribution >= 0.6 is 11.6 Å². The number of pyridine rings is 1. The molecular formula is C12H15ClN4. The second kappa shape index (κ2) is 5.80. The van der Waals surface area contributed by atoms with Crippen LogP contribution in [0.15, 0.2) is 30.9 Å². The molecule has 0 fully saturated rings. The lowest BCUT2D eigenvalue weighted by molar-refractivity contribution is 0.614. The van der Waals surface area contributed by atoms with E-state index < -0.39 is 0 Å². The molecule has 4 nitrogen and oxygen atoms in total. The van der Waals surface area contributed by atoms with Crippen LogP contribution in [0.2, 0.25) is 5.15 Å². The third kappa shape index (κ3) is 3.28. The molecule has 0 aliphatic rings. The van der Waals surface area contributed by atoms with Crippen LogP contribution in [0.25, 0.3) is 11.3 Å². The molecule has 0 aliphatic carbocycles. The first-order chi connectivity index (χ1) is 8.29. The Hall–Kier alpha value is -1.39. The van der Waals surface area contributed by atoms with E-state index in [4.69, 9.17) is 17.3 Å². The quantitative estimate of drug-likeness (QED) is 0.655. The van der Waals surface area contributed by atoms with Crippen molar-refractivity contribution in [3.05, 3.63) is 36.0 Å². The molecule has 2 aromatic rings. The number of hydrogen-bond acceptors (Lipinski definition) is 3. The fraction of sp³-hybridized carbons (Fsp3) is 0.333. The van der Waals surface area contributed by atoms with Gasteiger partial charge in [-0.2, -0.15) is 0 Å². The third-order valence-corrected chi connectivity index (χ3v) is 2.75. The molecule has 0 atom stereocenters. The summed E-state index contributed by atoms with van der Waals surface area (Å²) in [7, 11) is 0. The number of nitrogens with two attached hydrogens (primary N) is 1. The van der Waals surface area contributed by atoms with Crippen LogP contribution in [0.3, 0.4) is 0 Å². The normalized spacial score (nSPS) is 10.7. The standard InChI is InChI=1S/C12H15ClN4/c13-12-4-3-10(7-15-12)11-8-17(9-16-11)6-2-1-5-14/h3-4,7-9H,1-2,5-6,14H2. The van der Waals surface area contributed by atoms with E-state index in [2.05, 4.69) is 14.5 Å². The Kier molecular flexibility index (Phi) is 4.12. The topological polar surface area (TPSA) is 56.7 Å². The van der Waals surface area contributed by atoms with Crippen LogP contribution in [-0.2, 0) is 6.54 Å². The summed E-state index contributed by atoms with van der Waals surface area (Å²) in [5.74, 6) is 0. The Morgan fingerprint density at radius 1 is 1.24 bits per heavy atom. The van der Waals surface area contributed by atoms with Gasteiger partial charge in [-0.15, -0.1) is 0 Å². The van der Waals surface area contributed by atoms with Gasteiger partial charge in [0.15, 0.2) is 0 Å². The average molecular weight is 251 g/mol. The Morgan fingerprint density at radius 2 is 2.12 bits per heavy atom. The minimum absolute atomic E-state index is 0.496. The van der Waals surface area contributed by atoms with Gasteiger partial charge < -0.3 is 10.3 Å². The number of imidazole rings is 1. The second-order valence-electron chi connectivity index (χ2n) is 3.86. The van der Waals surface area contributed by atoms with E-state index in [0.29, 0.717) is 5.15 Å². The molecule has 0 radical (unpaired) electrons. The number of rotatable bonds is 5. The second-order valence-corrected chi connectivity index (χ2v) is 4.25. The first kappa shape index (κ1) is 12.1. The van der Waals surface area contributed by atoms with E-state index in [-0.39, 0.29) is 0 Å². The number of hydrogen-bond donors (Lipinski definition) is 1. The van der Waals surface area contributed by atoms with Crippen LogP contribution in [0.5, 0.6) is 0 Å². The summed E-state index contributed by atoms with van der Waals surface area (Å²) in [5, 5.41) is 0.496. The van der Waals surface area contributed by atoms with E-state index in [0.717, 1.165) is 37.2 Å². The van der Waals surface area contributed by atoms with Gasteiger partial charge in [-0.05, 0) is 31.5 Å². The molecule has 0 saturated heterocycles. The Balaban J connectivity index is 2.04. The monoisotopic (exact) mass is 250 g/mol. The highest BCUT2D eigenvalue weighted by molar-refractivity contribution is 6.29. The number of nitrogens with zero attached hydrogens (tertiary/aromatic N) is 3. The molecule has 0 aromatic carbocycles. The van der Waals surface area contributed by atoms with Crippen LogP contribution in [0.1, 0.15) is 12.8 Å². The predicted octanol–water partition coefficient (Wildman–Crippen LogP) is 2.34. The molecule has 0 unspecified atom stereocenters. The maximum absolute atomic E-state index is 5.74. The van der Waals surface area contributed by atoms with Gasteiger partial charge in [-0.3, -0.25) is 0 Å². The van der Waals surface area contributed by atoms with Crippen molar-refractivity contribution in [1.29, 1.82) is 0 Å². The van der Waals surface area contributed by atoms with E-state index in [1.54, 1.807) is 12.3 Å². The van der Waals surface area contributed by atoms with Crippen LogP contribution in [0, 0.1) is 0 Å². The largest absolute Gasteiger partial charge is 0.337 e. The van der Waals surface area contributed by atoms with Crippen LogP contribution in [0.4, 0.5) is 0 Å². The lowest BCUT2D eigenvalue weighted by Crippen LogP contribution is -2.01. The molecule has 2 N–H and O–H groups in total. The summed E-state index contributed by atoms with van der Waals surface area (Å²) in [6.07, 6.45) is 7.69. The van der Waals surface area contributed by atoms with E-state index >= 15 is 0 Å². The van der Waals surface area contributed by atoms with Gasteiger partial charge in [0.2, 0.25) is 0 Å². The summed E-state index contributed by atoms with van der Waals surface area (Å²) in [4.78, 5) is 8.38. The summed E-state index contributed by atoms with van der Waals surface area (Å²) >= 11 is 5.74. The highest BCUT2D eigenvalue weighted by Crippen LogP contribution is 2.17. The highest BCUT2D eigenvalue weighted by atomic mass is 35.5. The summed E-state index contributed by atoms with van der Waals surface area (Å²) < 4.78 is 2.07. The summed E-state index contributed by atoms with van der Waals surface area (Å²) in [6.45, 7) is 1.69. The fourth-order valence-corrected chi connectivity index (χ4v) is 1.71. The van der Waals surface area contributed by atoms with Crippen LogP contribution < -0.4 is 5.73 Å². The minimum Gasteiger partial charge on any atom is -0.337 e. The van der Waals surface area contributed by atoms with Gasteiger partial charge in [0.05, 0.1) is 12.0 Å². The maximum Gasteiger partial charge on any atom is 0.129 e. The molecule has 2 rings (SSSR count). The van der Waals surface area contributed by atoms with E-state index in [1.165, 1.54) is 0 Å². The van der Waals surface area contributed by atoms with Gasteiger partial charge in [0.1, 0.15) is 5.15 Å². The van der Waals surface area contributed by atoms with Crippen molar-refractivity contribution in [3.63, 3.8) is 0 Å². The number of halogens is 1. The summed E-state index contributed by atoms with van der Waals surface area (Å²) in [5.41, 5.74) is 7.35. The van der Waals surface area contributed by atoms with Gasteiger partial charge in [0.25, 0.3) is 0 Å². The number of aryl methyl sites for hydroxylation is 1. The van der Waals surface area contributed by atoms with Crippen molar-refractivity contribution in [2.75, 3.05) is 6.54 Å². The number of unbranched alkanes of at least 4 members (excludes halogenated alkanes) is 1. The molecule has 0 saturated carbocycles. The van der Waals surface area contributed by atoms with Gasteiger partial charge in [-0.25, -0.2) is 9.97 Å². The van der Waals surface area contributed by atoms with Gasteiger partial charge in [-0.1, -0.05) is 11.6 Å². The lowest BCUT2D eigenvalue weighted by Gasteiger charge is -1.99. The molecular weight excluding hydrogens is 236 g/mol. The molecule has 5 heteroatoms. The Bertz CT molecular complexity index is 464. The first-order valence-corrected chi connectivity index (χ1v) is 6.01. The van der Waals surface area contributed by atoms with Crippen LogP contribution in [-0.4, -0.2) is 21.1 Å². The zero-order chi connectivity index (χ0) is 12.1. The van der Waals surface area contributed by atoms with Crippen molar-refractivity contribution >= 4 is 11.6 Å². The number of aromatic nitrogens is 3. The molecule has 2 aromatic heterocycles. The van der Waals surface area contributed by atoms with Crippen molar-refractivity contribution in [2.24, 2.45) is 5.73 Å². The van der Waals surface area contributed by atoms with Crippen molar-refractivity contribution in [2.45, 2.75) is 19.4 Å². The van der Waals surface area contributed by atoms with Gasteiger partial charge >= 0.3 is 0 Å². The van der Waals surface area contributed by atoms with Crippen molar-refractivity contribution in [1.82, 2.24) is 14.5 Å². The molecule has 0 bridgehead atoms. The first-order valence-electron chi connectivity index (χ1n) is 5.63. The van der Waals surface area contributed by atoms with Gasteiger partial charge in [0, 0.05) is 24.5 Å². The SMILES string of the molecule is NCCCCn1cnc(-c2ccc(Cl)nc2)c1. The molecule has 90 valence electrons. The zero-order valence-corrected chi connectivity index (χ0v) is 10.3. The van der Waals surface area contributed by atoms with Crippen molar-refractivity contribution in [3.8, 4) is 11.3 Å². The Morgan fingerprint density at radius 3 is 2.82 bits per heavy atom. The summed E-state index contributed by atoms with van der Waals surface area (Å²) in [6, 6.07) is 3.69. The molecule has 0 aliphatic heterocycles. The molecule has 2 heterocycles. The van der Waals surface area contributed by atoms with E-state index in [1.807, 2.05) is 18.6 Å². The van der Waals surface area contributed by atoms with E-state index in [9.17, 15) is 0 Å². The van der Waals surface area contributed by atoms with Crippen molar-refractivity contribution < 1.29 is 0 Å². The maximum atomic E-state index is 5.74. The Labute approximate surface area is 105 Å². The smallest absolute Gasteiger partial charge is 0.129 e. The zero-order valence-electron chi connectivity index (χ0n) is 9.51. The molecule has 17 heavy (non-hydrogen) atoms. The average Bonchev–Trinajstić information content (AvgIpc) is 2.79.